The van der Waals surface area contributed by atoms with Gasteiger partial charge in [-0.2, -0.15) is 4.98 Å². The molecule has 0 unspecified atom stereocenters. The van der Waals surface area contributed by atoms with Crippen molar-refractivity contribution in [1.82, 2.24) is 19.9 Å². The van der Waals surface area contributed by atoms with Gasteiger partial charge in [-0.25, -0.2) is 15.0 Å². The zero-order valence-corrected chi connectivity index (χ0v) is 17.4. The summed E-state index contributed by atoms with van der Waals surface area (Å²) in [4.78, 5) is 22.1. The average molecular weight is 421 g/mol. The van der Waals surface area contributed by atoms with Crippen LogP contribution in [0, 0.1) is 0 Å². The van der Waals surface area contributed by atoms with Crippen molar-refractivity contribution in [3.63, 3.8) is 0 Å². The van der Waals surface area contributed by atoms with E-state index in [9.17, 15) is 0 Å². The zero-order chi connectivity index (χ0) is 20.5. The summed E-state index contributed by atoms with van der Waals surface area (Å²) in [6, 6.07) is 14.8. The summed E-state index contributed by atoms with van der Waals surface area (Å²) in [7, 11) is 2.00. The molecule has 0 bridgehead atoms. The molecule has 2 aromatic heterocycles. The van der Waals surface area contributed by atoms with Gasteiger partial charge in [-0.3, -0.25) is 0 Å². The van der Waals surface area contributed by atoms with Crippen molar-refractivity contribution in [2.45, 2.75) is 6.54 Å². The number of nitrogens with zero attached hydrogens (tertiary/aromatic N) is 6. The highest BCUT2D eigenvalue weighted by atomic mass is 35.5. The van der Waals surface area contributed by atoms with Crippen LogP contribution in [-0.4, -0.2) is 53.3 Å². The fourth-order valence-corrected chi connectivity index (χ4v) is 4.02. The van der Waals surface area contributed by atoms with Gasteiger partial charge in [-0.1, -0.05) is 36.4 Å². The number of rotatable bonds is 4. The molecule has 152 valence electrons. The van der Waals surface area contributed by atoms with Gasteiger partial charge in [-0.05, 0) is 34.0 Å². The maximum absolute atomic E-state index is 6.29. The van der Waals surface area contributed by atoms with Crippen molar-refractivity contribution >= 4 is 45.0 Å². The third-order valence-corrected chi connectivity index (χ3v) is 5.49. The van der Waals surface area contributed by atoms with Crippen LogP contribution in [0.1, 0.15) is 5.56 Å². The zero-order valence-electron chi connectivity index (χ0n) is 16.6. The summed E-state index contributed by atoms with van der Waals surface area (Å²) in [5.74, 6) is 1.46. The molecule has 0 N–H and O–H groups in total. The minimum absolute atomic E-state index is 0.194. The van der Waals surface area contributed by atoms with Crippen LogP contribution in [0.5, 0.6) is 0 Å². The largest absolute Gasteiger partial charge is 0.378 e. The van der Waals surface area contributed by atoms with E-state index in [0.717, 1.165) is 24.7 Å². The first-order chi connectivity index (χ1) is 14.7. The van der Waals surface area contributed by atoms with Gasteiger partial charge in [0.25, 0.3) is 0 Å². The van der Waals surface area contributed by atoms with Gasteiger partial charge in [0.2, 0.25) is 5.28 Å². The van der Waals surface area contributed by atoms with Gasteiger partial charge in [0, 0.05) is 26.7 Å². The molecule has 7 nitrogen and oxygen atoms in total. The minimum atomic E-state index is 0.194. The molecule has 1 fully saturated rings. The molecular weight excluding hydrogens is 400 g/mol. The highest BCUT2D eigenvalue weighted by Gasteiger charge is 2.21. The number of fused-ring (bicyclic) bond motifs is 2. The van der Waals surface area contributed by atoms with Crippen LogP contribution in [0.2, 0.25) is 5.28 Å². The molecule has 4 aromatic rings. The van der Waals surface area contributed by atoms with Crippen molar-refractivity contribution in [2.24, 2.45) is 0 Å². The normalized spacial score (nSPS) is 14.4. The summed E-state index contributed by atoms with van der Waals surface area (Å²) in [5.41, 5.74) is 2.55. The monoisotopic (exact) mass is 420 g/mol. The number of morpholine rings is 1. The SMILES string of the molecule is CN(Cc1ccc2ccccc2c1)c1ncnc2c(N3CCOCC3)nc(Cl)nc12. The predicted octanol–water partition coefficient (Wildman–Crippen LogP) is 3.70. The Morgan fingerprint density at radius 3 is 2.63 bits per heavy atom. The number of benzene rings is 2. The number of hydrogen-bond acceptors (Lipinski definition) is 7. The topological polar surface area (TPSA) is 67.3 Å². The van der Waals surface area contributed by atoms with Crippen LogP contribution in [0.4, 0.5) is 11.6 Å². The first-order valence-electron chi connectivity index (χ1n) is 9.89. The summed E-state index contributed by atoms with van der Waals surface area (Å²) in [6.45, 7) is 3.49. The van der Waals surface area contributed by atoms with Crippen molar-refractivity contribution in [3.05, 3.63) is 59.6 Å². The van der Waals surface area contributed by atoms with E-state index in [1.807, 2.05) is 7.05 Å². The van der Waals surface area contributed by atoms with Gasteiger partial charge >= 0.3 is 0 Å². The second-order valence-electron chi connectivity index (χ2n) is 7.35. The summed E-state index contributed by atoms with van der Waals surface area (Å²) >= 11 is 6.29. The molecule has 0 saturated carbocycles. The van der Waals surface area contributed by atoms with E-state index in [4.69, 9.17) is 16.3 Å². The average Bonchev–Trinajstić information content (AvgIpc) is 2.78. The van der Waals surface area contributed by atoms with Crippen LogP contribution >= 0.6 is 11.6 Å². The van der Waals surface area contributed by atoms with E-state index in [2.05, 4.69) is 72.2 Å². The van der Waals surface area contributed by atoms with Crippen molar-refractivity contribution < 1.29 is 4.74 Å². The lowest BCUT2D eigenvalue weighted by Gasteiger charge is -2.28. The van der Waals surface area contributed by atoms with Crippen LogP contribution in [0.25, 0.3) is 21.8 Å². The van der Waals surface area contributed by atoms with Crippen molar-refractivity contribution in [1.29, 1.82) is 0 Å². The molecule has 0 amide bonds. The molecule has 0 aliphatic carbocycles. The molecule has 1 aliphatic rings. The van der Waals surface area contributed by atoms with Crippen molar-refractivity contribution in [2.75, 3.05) is 43.2 Å². The summed E-state index contributed by atoms with van der Waals surface area (Å²) < 4.78 is 5.46. The van der Waals surface area contributed by atoms with Crippen molar-refractivity contribution in [3.8, 4) is 0 Å². The van der Waals surface area contributed by atoms with Gasteiger partial charge in [0.05, 0.1) is 13.2 Å². The lowest BCUT2D eigenvalue weighted by molar-refractivity contribution is 0.122. The number of hydrogen-bond donors (Lipinski definition) is 0. The number of anilines is 2. The van der Waals surface area contributed by atoms with E-state index < -0.39 is 0 Å². The molecule has 5 rings (SSSR count). The fraction of sp³-hybridized carbons (Fsp3) is 0.273. The number of aromatic nitrogens is 4. The first-order valence-corrected chi connectivity index (χ1v) is 10.3. The molecule has 1 saturated heterocycles. The van der Waals surface area contributed by atoms with E-state index in [-0.39, 0.29) is 5.28 Å². The molecule has 8 heteroatoms. The Bertz CT molecular complexity index is 1210. The quantitative estimate of drug-likeness (QED) is 0.466. The van der Waals surface area contributed by atoms with Gasteiger partial charge in [0.1, 0.15) is 17.4 Å². The third-order valence-electron chi connectivity index (χ3n) is 5.32. The van der Waals surface area contributed by atoms with Crippen LogP contribution < -0.4 is 9.80 Å². The molecular formula is C22H21ClN6O. The Hall–Kier alpha value is -3.03. The lowest BCUT2D eigenvalue weighted by Crippen LogP contribution is -2.37. The molecule has 3 heterocycles. The molecule has 0 spiro atoms. The number of ether oxygens (including phenoxy) is 1. The molecule has 30 heavy (non-hydrogen) atoms. The predicted molar refractivity (Wildman–Crippen MR) is 119 cm³/mol. The standard InChI is InChI=1S/C22H21ClN6O/c1-28(13-15-6-7-16-4-2-3-5-17(16)12-15)20-19-18(24-14-25-20)21(27-22(23)26-19)29-8-10-30-11-9-29/h2-7,12,14H,8-11,13H2,1H3. The highest BCUT2D eigenvalue weighted by molar-refractivity contribution is 6.29. The smallest absolute Gasteiger partial charge is 0.225 e. The highest BCUT2D eigenvalue weighted by Crippen LogP contribution is 2.29. The van der Waals surface area contributed by atoms with Gasteiger partial charge in [0.15, 0.2) is 11.6 Å². The van der Waals surface area contributed by atoms with E-state index in [1.165, 1.54) is 16.3 Å². The maximum Gasteiger partial charge on any atom is 0.225 e. The second-order valence-corrected chi connectivity index (χ2v) is 7.69. The maximum atomic E-state index is 6.29. The lowest BCUT2D eigenvalue weighted by atomic mass is 10.1. The fourth-order valence-electron chi connectivity index (χ4n) is 3.85. The van der Waals surface area contributed by atoms with E-state index >= 15 is 0 Å². The van der Waals surface area contributed by atoms with Crippen LogP contribution in [0.3, 0.4) is 0 Å². The van der Waals surface area contributed by atoms with E-state index in [1.54, 1.807) is 6.33 Å². The summed E-state index contributed by atoms with van der Waals surface area (Å²) in [5, 5.41) is 2.64. The third kappa shape index (κ3) is 3.62. The van der Waals surface area contributed by atoms with Crippen LogP contribution in [-0.2, 0) is 11.3 Å². The van der Waals surface area contributed by atoms with Crippen LogP contribution in [0.15, 0.2) is 48.8 Å². The first kappa shape index (κ1) is 19.0. The Kier molecular flexibility index (Phi) is 5.06. The second kappa shape index (κ2) is 8.01. The Morgan fingerprint density at radius 1 is 1.00 bits per heavy atom. The molecule has 0 atom stereocenters. The number of halogens is 1. The Labute approximate surface area is 179 Å². The molecule has 0 radical (unpaired) electrons. The Balaban J connectivity index is 1.52. The van der Waals surface area contributed by atoms with E-state index in [0.29, 0.717) is 30.8 Å². The van der Waals surface area contributed by atoms with Gasteiger partial charge in [-0.15, -0.1) is 0 Å². The molecule has 1 aliphatic heterocycles. The minimum Gasteiger partial charge on any atom is -0.378 e. The molecule has 2 aromatic carbocycles. The Morgan fingerprint density at radius 2 is 1.80 bits per heavy atom. The van der Waals surface area contributed by atoms with Gasteiger partial charge < -0.3 is 14.5 Å². The summed E-state index contributed by atoms with van der Waals surface area (Å²) in [6.07, 6.45) is 1.57.